The van der Waals surface area contributed by atoms with Crippen molar-refractivity contribution in [3.8, 4) is 0 Å². The summed E-state index contributed by atoms with van der Waals surface area (Å²) in [4.78, 5) is 24.5. The van der Waals surface area contributed by atoms with Crippen LogP contribution in [0.3, 0.4) is 0 Å². The molecule has 0 aliphatic carbocycles. The van der Waals surface area contributed by atoms with Crippen molar-refractivity contribution in [2.75, 3.05) is 20.6 Å². The van der Waals surface area contributed by atoms with E-state index >= 15 is 0 Å². The van der Waals surface area contributed by atoms with E-state index in [2.05, 4.69) is 10.6 Å². The molecule has 3 N–H and O–H groups in total. The summed E-state index contributed by atoms with van der Waals surface area (Å²) in [5.41, 5.74) is 0. The molecule has 0 aromatic heterocycles. The molecule has 0 spiro atoms. The molecule has 2 atom stereocenters. The van der Waals surface area contributed by atoms with Gasteiger partial charge in [0.15, 0.2) is 0 Å². The van der Waals surface area contributed by atoms with Gasteiger partial charge in [0.1, 0.15) is 6.04 Å². The van der Waals surface area contributed by atoms with E-state index in [1.54, 1.807) is 0 Å². The Labute approximate surface area is 109 Å². The van der Waals surface area contributed by atoms with Gasteiger partial charge in [-0.15, -0.1) is 0 Å². The molecule has 2 amide bonds. The Balaban J connectivity index is 4.03. The third-order valence-electron chi connectivity index (χ3n) is 2.57. The molecular formula is C12H25N3O3. The highest BCUT2D eigenvalue weighted by molar-refractivity contribution is 5.82. The van der Waals surface area contributed by atoms with Gasteiger partial charge in [-0.1, -0.05) is 13.3 Å². The van der Waals surface area contributed by atoms with Crippen LogP contribution in [0.2, 0.25) is 0 Å². The normalized spacial score (nSPS) is 14.1. The van der Waals surface area contributed by atoms with Gasteiger partial charge in [-0.3, -0.25) is 0 Å². The molecule has 0 fully saturated rings. The average Bonchev–Trinajstić information content (AvgIpc) is 2.25. The first-order valence-electron chi connectivity index (χ1n) is 6.31. The zero-order valence-corrected chi connectivity index (χ0v) is 11.7. The number of rotatable bonds is 8. The van der Waals surface area contributed by atoms with Crippen molar-refractivity contribution in [1.29, 1.82) is 0 Å². The Hall–Kier alpha value is -1.30. The number of nitrogens with zero attached hydrogens (tertiary/aromatic N) is 1. The number of urea groups is 1. The van der Waals surface area contributed by atoms with Crippen molar-refractivity contribution < 1.29 is 14.7 Å². The van der Waals surface area contributed by atoms with Crippen LogP contribution in [-0.2, 0) is 4.79 Å². The van der Waals surface area contributed by atoms with Crippen molar-refractivity contribution in [3.63, 3.8) is 0 Å². The average molecular weight is 259 g/mol. The summed E-state index contributed by atoms with van der Waals surface area (Å²) in [5.74, 6) is -0.993. The second-order valence-electron chi connectivity index (χ2n) is 4.79. The molecule has 106 valence electrons. The number of aliphatic carboxylic acids is 1. The van der Waals surface area contributed by atoms with E-state index < -0.39 is 18.0 Å². The molecule has 18 heavy (non-hydrogen) atoms. The first-order chi connectivity index (χ1) is 8.36. The van der Waals surface area contributed by atoms with E-state index in [0.29, 0.717) is 12.8 Å². The summed E-state index contributed by atoms with van der Waals surface area (Å²) in [6.07, 6.45) is 1.98. The molecule has 0 radical (unpaired) electrons. The summed E-state index contributed by atoms with van der Waals surface area (Å²) in [6, 6.07) is -1.21. The summed E-state index contributed by atoms with van der Waals surface area (Å²) >= 11 is 0. The van der Waals surface area contributed by atoms with Crippen molar-refractivity contribution in [2.45, 2.75) is 45.2 Å². The molecule has 0 heterocycles. The van der Waals surface area contributed by atoms with E-state index in [4.69, 9.17) is 5.11 Å². The van der Waals surface area contributed by atoms with Gasteiger partial charge in [0.05, 0.1) is 0 Å². The Bertz CT molecular complexity index is 269. The number of amides is 2. The third kappa shape index (κ3) is 7.89. The molecule has 0 saturated heterocycles. The van der Waals surface area contributed by atoms with Gasteiger partial charge in [0, 0.05) is 6.04 Å². The van der Waals surface area contributed by atoms with E-state index in [9.17, 15) is 9.59 Å². The van der Waals surface area contributed by atoms with Gasteiger partial charge < -0.3 is 20.6 Å². The van der Waals surface area contributed by atoms with E-state index in [0.717, 1.165) is 13.0 Å². The van der Waals surface area contributed by atoms with Gasteiger partial charge in [-0.05, 0) is 40.4 Å². The minimum Gasteiger partial charge on any atom is -0.480 e. The summed E-state index contributed by atoms with van der Waals surface area (Å²) in [6.45, 7) is 4.66. The summed E-state index contributed by atoms with van der Waals surface area (Å²) < 4.78 is 0. The van der Waals surface area contributed by atoms with Crippen LogP contribution >= 0.6 is 0 Å². The number of hydrogen-bond donors (Lipinski definition) is 3. The van der Waals surface area contributed by atoms with Crippen LogP contribution in [0.25, 0.3) is 0 Å². The minimum atomic E-state index is -0.993. The maximum absolute atomic E-state index is 11.6. The zero-order valence-electron chi connectivity index (χ0n) is 11.7. The maximum atomic E-state index is 11.6. The second-order valence-corrected chi connectivity index (χ2v) is 4.79. The van der Waals surface area contributed by atoms with E-state index in [1.165, 1.54) is 0 Å². The van der Waals surface area contributed by atoms with Gasteiger partial charge in [0.2, 0.25) is 0 Å². The van der Waals surface area contributed by atoms with Crippen LogP contribution in [0.1, 0.15) is 33.1 Å². The smallest absolute Gasteiger partial charge is 0.326 e. The van der Waals surface area contributed by atoms with E-state index in [1.807, 2.05) is 32.8 Å². The van der Waals surface area contributed by atoms with Crippen LogP contribution < -0.4 is 10.6 Å². The lowest BCUT2D eigenvalue weighted by Gasteiger charge is -2.19. The lowest BCUT2D eigenvalue weighted by molar-refractivity contribution is -0.139. The molecule has 0 aromatic carbocycles. The largest absolute Gasteiger partial charge is 0.480 e. The highest BCUT2D eigenvalue weighted by Crippen LogP contribution is 1.97. The molecule has 0 aliphatic rings. The third-order valence-corrected chi connectivity index (χ3v) is 2.57. The predicted octanol–water partition coefficient (Wildman–Crippen LogP) is 0.879. The first-order valence-corrected chi connectivity index (χ1v) is 6.31. The maximum Gasteiger partial charge on any atom is 0.326 e. The van der Waals surface area contributed by atoms with Crippen LogP contribution in [-0.4, -0.2) is 54.7 Å². The Morgan fingerprint density at radius 1 is 1.22 bits per heavy atom. The van der Waals surface area contributed by atoms with Gasteiger partial charge in [-0.2, -0.15) is 0 Å². The minimum absolute atomic E-state index is 0.0171. The lowest BCUT2D eigenvalue weighted by Crippen LogP contribution is -2.48. The Morgan fingerprint density at radius 2 is 1.83 bits per heavy atom. The quantitative estimate of drug-likeness (QED) is 0.604. The highest BCUT2D eigenvalue weighted by atomic mass is 16.4. The number of carbonyl (C=O) groups excluding carboxylic acids is 1. The lowest BCUT2D eigenvalue weighted by atomic mass is 10.2. The number of carboxylic acid groups (broad SMARTS) is 1. The second kappa shape index (κ2) is 8.74. The van der Waals surface area contributed by atoms with Crippen LogP contribution in [0.15, 0.2) is 0 Å². The van der Waals surface area contributed by atoms with Crippen LogP contribution in [0.4, 0.5) is 4.79 Å². The molecule has 0 aromatic rings. The van der Waals surface area contributed by atoms with Crippen molar-refractivity contribution >= 4 is 12.0 Å². The Kier molecular flexibility index (Phi) is 8.11. The molecule has 0 bridgehead atoms. The molecular weight excluding hydrogens is 234 g/mol. The van der Waals surface area contributed by atoms with Crippen molar-refractivity contribution in [3.05, 3.63) is 0 Å². The molecule has 2 unspecified atom stereocenters. The van der Waals surface area contributed by atoms with Crippen molar-refractivity contribution in [2.24, 2.45) is 0 Å². The molecule has 0 aliphatic heterocycles. The summed E-state index contributed by atoms with van der Waals surface area (Å²) in [7, 11) is 3.93. The van der Waals surface area contributed by atoms with Gasteiger partial charge >= 0.3 is 12.0 Å². The fourth-order valence-corrected chi connectivity index (χ4v) is 1.49. The summed E-state index contributed by atoms with van der Waals surface area (Å²) in [5, 5.41) is 14.1. The fourth-order valence-electron chi connectivity index (χ4n) is 1.49. The number of carbonyl (C=O) groups is 2. The van der Waals surface area contributed by atoms with Crippen LogP contribution in [0, 0.1) is 0 Å². The highest BCUT2D eigenvalue weighted by Gasteiger charge is 2.19. The van der Waals surface area contributed by atoms with E-state index in [-0.39, 0.29) is 6.04 Å². The predicted molar refractivity (Wildman–Crippen MR) is 70.6 cm³/mol. The zero-order chi connectivity index (χ0) is 14.1. The molecule has 6 heteroatoms. The number of nitrogens with one attached hydrogen (secondary N) is 2. The first kappa shape index (κ1) is 16.7. The topological polar surface area (TPSA) is 81.7 Å². The molecule has 0 rings (SSSR count). The van der Waals surface area contributed by atoms with Crippen LogP contribution in [0.5, 0.6) is 0 Å². The van der Waals surface area contributed by atoms with Crippen molar-refractivity contribution in [1.82, 2.24) is 15.5 Å². The monoisotopic (exact) mass is 259 g/mol. The van der Waals surface area contributed by atoms with Gasteiger partial charge in [0.25, 0.3) is 0 Å². The SMILES string of the molecule is CCCC(NC(=O)NC(C)CCN(C)C)C(=O)O. The molecule has 0 saturated carbocycles. The Morgan fingerprint density at radius 3 is 2.28 bits per heavy atom. The fraction of sp³-hybridized carbons (Fsp3) is 0.833. The van der Waals surface area contributed by atoms with Gasteiger partial charge in [-0.25, -0.2) is 9.59 Å². The standard InChI is InChI=1S/C12H25N3O3/c1-5-6-10(11(16)17)14-12(18)13-9(2)7-8-15(3)4/h9-10H,5-8H2,1-4H3,(H,16,17)(H2,13,14,18). The number of carboxylic acids is 1. The number of hydrogen-bond acceptors (Lipinski definition) is 3. The molecule has 6 nitrogen and oxygen atoms in total.